The minimum atomic E-state index is -0.0960. The third-order valence-electron chi connectivity index (χ3n) is 2.80. The topological polar surface area (TPSA) is 60.1 Å². The molecule has 0 atom stereocenters. The Morgan fingerprint density at radius 1 is 1.40 bits per heavy atom. The number of carbonyl (C=O) groups is 1. The second kappa shape index (κ2) is 5.75. The van der Waals surface area contributed by atoms with E-state index in [4.69, 9.17) is 4.42 Å². The lowest BCUT2D eigenvalue weighted by atomic mass is 10.2. The van der Waals surface area contributed by atoms with Gasteiger partial charge < -0.3 is 9.73 Å². The summed E-state index contributed by atoms with van der Waals surface area (Å²) in [5.41, 5.74) is 1.95. The van der Waals surface area contributed by atoms with Gasteiger partial charge in [-0.1, -0.05) is 0 Å². The lowest BCUT2D eigenvalue weighted by Crippen LogP contribution is -2.27. The lowest BCUT2D eigenvalue weighted by Gasteiger charge is -2.03. The molecule has 3 rings (SSSR count). The molecule has 0 aromatic carbocycles. The van der Waals surface area contributed by atoms with Crippen LogP contribution in [0.4, 0.5) is 0 Å². The zero-order valence-electron chi connectivity index (χ0n) is 10.7. The standard InChI is InChI=1S/C14H13N3O2S/c18-14(15-8-12-2-1-6-19-12)9-17-5-3-13(16-17)11-4-7-20-10-11/h1-7,10H,8-9H2,(H,15,18). The van der Waals surface area contributed by atoms with Crippen molar-refractivity contribution in [2.75, 3.05) is 0 Å². The second-order valence-corrected chi connectivity index (χ2v) is 5.05. The van der Waals surface area contributed by atoms with Gasteiger partial charge in [-0.05, 0) is 29.6 Å². The SMILES string of the molecule is O=C(Cn1ccc(-c2ccsc2)n1)NCc1ccco1. The van der Waals surface area contributed by atoms with Crippen molar-refractivity contribution >= 4 is 17.2 Å². The van der Waals surface area contributed by atoms with Crippen molar-refractivity contribution in [3.05, 3.63) is 53.2 Å². The number of rotatable bonds is 5. The second-order valence-electron chi connectivity index (χ2n) is 4.27. The molecule has 1 N–H and O–H groups in total. The maximum atomic E-state index is 11.8. The van der Waals surface area contributed by atoms with E-state index in [9.17, 15) is 4.79 Å². The molecule has 0 spiro atoms. The van der Waals surface area contributed by atoms with Crippen molar-refractivity contribution in [3.63, 3.8) is 0 Å². The fourth-order valence-corrected chi connectivity index (χ4v) is 2.47. The Morgan fingerprint density at radius 2 is 2.35 bits per heavy atom. The molecule has 3 aromatic heterocycles. The van der Waals surface area contributed by atoms with Crippen LogP contribution in [-0.4, -0.2) is 15.7 Å². The van der Waals surface area contributed by atoms with Gasteiger partial charge in [0.1, 0.15) is 12.3 Å². The summed E-state index contributed by atoms with van der Waals surface area (Å²) in [7, 11) is 0. The van der Waals surface area contributed by atoms with E-state index in [1.54, 1.807) is 34.5 Å². The Hall–Kier alpha value is -2.34. The van der Waals surface area contributed by atoms with Crippen molar-refractivity contribution < 1.29 is 9.21 Å². The van der Waals surface area contributed by atoms with Crippen LogP contribution in [0.1, 0.15) is 5.76 Å². The number of hydrogen-bond donors (Lipinski definition) is 1. The smallest absolute Gasteiger partial charge is 0.242 e. The van der Waals surface area contributed by atoms with Crippen LogP contribution in [0.5, 0.6) is 0 Å². The molecule has 0 aliphatic carbocycles. The highest BCUT2D eigenvalue weighted by Gasteiger charge is 2.07. The molecule has 102 valence electrons. The monoisotopic (exact) mass is 287 g/mol. The Kier molecular flexibility index (Phi) is 3.64. The summed E-state index contributed by atoms with van der Waals surface area (Å²) >= 11 is 1.63. The summed E-state index contributed by atoms with van der Waals surface area (Å²) < 4.78 is 6.78. The molecule has 0 saturated heterocycles. The first-order chi connectivity index (χ1) is 9.81. The number of carbonyl (C=O) groups excluding carboxylic acids is 1. The van der Waals surface area contributed by atoms with Gasteiger partial charge in [-0.25, -0.2) is 0 Å². The van der Waals surface area contributed by atoms with Gasteiger partial charge in [0, 0.05) is 17.1 Å². The molecule has 3 aromatic rings. The molecule has 3 heterocycles. The first kappa shape index (κ1) is 12.7. The summed E-state index contributed by atoms with van der Waals surface area (Å²) in [5.74, 6) is 0.638. The summed E-state index contributed by atoms with van der Waals surface area (Å²) in [4.78, 5) is 11.8. The van der Waals surface area contributed by atoms with E-state index in [0.29, 0.717) is 6.54 Å². The van der Waals surface area contributed by atoms with E-state index < -0.39 is 0 Å². The summed E-state index contributed by atoms with van der Waals surface area (Å²) in [6, 6.07) is 7.53. The molecule has 5 nitrogen and oxygen atoms in total. The van der Waals surface area contributed by atoms with Gasteiger partial charge in [-0.15, -0.1) is 0 Å². The van der Waals surface area contributed by atoms with Crippen molar-refractivity contribution in [2.24, 2.45) is 0 Å². The van der Waals surface area contributed by atoms with Crippen molar-refractivity contribution in [1.29, 1.82) is 0 Å². The molecule has 0 aliphatic heterocycles. The molecule has 0 aliphatic rings. The number of amides is 1. The summed E-state index contributed by atoms with van der Waals surface area (Å²) in [6.07, 6.45) is 3.39. The van der Waals surface area contributed by atoms with Crippen LogP contribution in [0.15, 0.2) is 51.9 Å². The minimum absolute atomic E-state index is 0.0960. The van der Waals surface area contributed by atoms with E-state index in [1.165, 1.54) is 0 Å². The maximum absolute atomic E-state index is 11.8. The molecule has 0 unspecified atom stereocenters. The Balaban J connectivity index is 1.56. The molecule has 20 heavy (non-hydrogen) atoms. The summed E-state index contributed by atoms with van der Waals surface area (Å²) in [6.45, 7) is 0.593. The highest BCUT2D eigenvalue weighted by Crippen LogP contribution is 2.19. The van der Waals surface area contributed by atoms with Crippen molar-refractivity contribution in [3.8, 4) is 11.3 Å². The Morgan fingerprint density at radius 3 is 3.10 bits per heavy atom. The van der Waals surface area contributed by atoms with E-state index in [0.717, 1.165) is 17.0 Å². The van der Waals surface area contributed by atoms with E-state index in [1.807, 2.05) is 29.0 Å². The highest BCUT2D eigenvalue weighted by molar-refractivity contribution is 7.08. The maximum Gasteiger partial charge on any atom is 0.242 e. The fourth-order valence-electron chi connectivity index (χ4n) is 1.82. The molecule has 0 fully saturated rings. The van der Waals surface area contributed by atoms with Crippen LogP contribution in [-0.2, 0) is 17.9 Å². The van der Waals surface area contributed by atoms with Crippen LogP contribution in [0.3, 0.4) is 0 Å². The normalized spacial score (nSPS) is 10.6. The van der Waals surface area contributed by atoms with Crippen molar-refractivity contribution in [2.45, 2.75) is 13.1 Å². The molecule has 0 radical (unpaired) electrons. The average molecular weight is 287 g/mol. The van der Waals surface area contributed by atoms with Crippen LogP contribution < -0.4 is 5.32 Å². The van der Waals surface area contributed by atoms with E-state index in [2.05, 4.69) is 10.4 Å². The first-order valence-electron chi connectivity index (χ1n) is 6.16. The Labute approximate surface area is 119 Å². The molecule has 6 heteroatoms. The van der Waals surface area contributed by atoms with Gasteiger partial charge in [0.15, 0.2) is 0 Å². The van der Waals surface area contributed by atoms with Crippen LogP contribution in [0.2, 0.25) is 0 Å². The van der Waals surface area contributed by atoms with Crippen LogP contribution in [0, 0.1) is 0 Å². The van der Waals surface area contributed by atoms with E-state index >= 15 is 0 Å². The lowest BCUT2D eigenvalue weighted by molar-refractivity contribution is -0.122. The van der Waals surface area contributed by atoms with E-state index in [-0.39, 0.29) is 12.5 Å². The number of hydrogen-bond acceptors (Lipinski definition) is 4. The molecule has 0 bridgehead atoms. The van der Waals surface area contributed by atoms with Gasteiger partial charge in [0.05, 0.1) is 18.5 Å². The van der Waals surface area contributed by atoms with Gasteiger partial charge in [0.25, 0.3) is 0 Å². The predicted octanol–water partition coefficient (Wildman–Crippen LogP) is 2.52. The number of aromatic nitrogens is 2. The number of furan rings is 1. The largest absolute Gasteiger partial charge is 0.467 e. The predicted molar refractivity (Wildman–Crippen MR) is 76.1 cm³/mol. The first-order valence-corrected chi connectivity index (χ1v) is 7.10. The minimum Gasteiger partial charge on any atom is -0.467 e. The van der Waals surface area contributed by atoms with Gasteiger partial charge >= 0.3 is 0 Å². The Bertz CT molecular complexity index is 671. The zero-order chi connectivity index (χ0) is 13.8. The van der Waals surface area contributed by atoms with Gasteiger partial charge in [0.2, 0.25) is 5.91 Å². The average Bonchev–Trinajstić information content (AvgIpc) is 3.18. The molecular weight excluding hydrogens is 274 g/mol. The number of nitrogens with zero attached hydrogens (tertiary/aromatic N) is 2. The molecular formula is C14H13N3O2S. The summed E-state index contributed by atoms with van der Waals surface area (Å²) in [5, 5.41) is 11.2. The highest BCUT2D eigenvalue weighted by atomic mass is 32.1. The van der Waals surface area contributed by atoms with Crippen molar-refractivity contribution in [1.82, 2.24) is 15.1 Å². The fraction of sp³-hybridized carbons (Fsp3) is 0.143. The van der Waals surface area contributed by atoms with Crippen LogP contribution in [0.25, 0.3) is 11.3 Å². The zero-order valence-corrected chi connectivity index (χ0v) is 11.5. The van der Waals surface area contributed by atoms with Gasteiger partial charge in [-0.3, -0.25) is 9.48 Å². The number of thiophene rings is 1. The third-order valence-corrected chi connectivity index (χ3v) is 3.49. The molecule has 1 amide bonds. The quantitative estimate of drug-likeness (QED) is 0.784. The number of nitrogens with one attached hydrogen (secondary N) is 1. The van der Waals surface area contributed by atoms with Gasteiger partial charge in [-0.2, -0.15) is 16.4 Å². The third kappa shape index (κ3) is 2.97. The van der Waals surface area contributed by atoms with Crippen LogP contribution >= 0.6 is 11.3 Å². The molecule has 0 saturated carbocycles.